The molecular weight excluding hydrogens is 180 g/mol. The summed E-state index contributed by atoms with van der Waals surface area (Å²) in [6.45, 7) is 0.491. The summed E-state index contributed by atoms with van der Waals surface area (Å²) in [6, 6.07) is 1.82. The average Bonchev–Trinajstić information content (AvgIpc) is 2.03. The number of halogens is 1. The van der Waals surface area contributed by atoms with Gasteiger partial charge >= 0.3 is 0 Å². The van der Waals surface area contributed by atoms with Crippen LogP contribution in [0, 0.1) is 0 Å². The first-order valence-electron chi connectivity index (χ1n) is 3.22. The number of nitrogens with zero attached hydrogens (tertiary/aromatic N) is 1. The van der Waals surface area contributed by atoms with E-state index in [-0.39, 0.29) is 5.25 Å². The highest BCUT2D eigenvalue weighted by molar-refractivity contribution is 7.80. The number of pyridine rings is 1. The summed E-state index contributed by atoms with van der Waals surface area (Å²) >= 11 is 9.95. The van der Waals surface area contributed by atoms with E-state index in [1.165, 1.54) is 0 Å². The van der Waals surface area contributed by atoms with Crippen LogP contribution in [0.4, 0.5) is 0 Å². The second-order valence-electron chi connectivity index (χ2n) is 2.19. The van der Waals surface area contributed by atoms with Crippen molar-refractivity contribution in [3.05, 3.63) is 29.0 Å². The first kappa shape index (κ1) is 8.84. The van der Waals surface area contributed by atoms with Gasteiger partial charge in [0.05, 0.1) is 5.02 Å². The number of thiol groups is 1. The third kappa shape index (κ3) is 2.36. The number of hydrogen-bond donors (Lipinski definition) is 2. The molecule has 0 aliphatic rings. The molecule has 1 aromatic rings. The van der Waals surface area contributed by atoms with Gasteiger partial charge in [0, 0.05) is 24.2 Å². The molecule has 0 bridgehead atoms. The van der Waals surface area contributed by atoms with Crippen molar-refractivity contribution < 1.29 is 0 Å². The normalized spacial score (nSPS) is 13.0. The predicted molar refractivity (Wildman–Crippen MR) is 50.0 cm³/mol. The van der Waals surface area contributed by atoms with Gasteiger partial charge in [-0.1, -0.05) is 11.6 Å². The van der Waals surface area contributed by atoms with Crippen molar-refractivity contribution in [2.45, 2.75) is 5.25 Å². The van der Waals surface area contributed by atoms with E-state index in [9.17, 15) is 0 Å². The highest BCUT2D eigenvalue weighted by atomic mass is 35.5. The van der Waals surface area contributed by atoms with E-state index in [1.54, 1.807) is 12.4 Å². The quantitative estimate of drug-likeness (QED) is 0.693. The van der Waals surface area contributed by atoms with E-state index in [0.29, 0.717) is 11.6 Å². The molecule has 0 spiro atoms. The van der Waals surface area contributed by atoms with E-state index >= 15 is 0 Å². The molecule has 1 rings (SSSR count). The van der Waals surface area contributed by atoms with E-state index in [0.717, 1.165) is 5.56 Å². The molecule has 0 aromatic carbocycles. The van der Waals surface area contributed by atoms with Gasteiger partial charge in [-0.2, -0.15) is 12.6 Å². The maximum Gasteiger partial charge on any atom is 0.0592 e. The molecule has 1 atom stereocenters. The molecule has 0 aliphatic carbocycles. The molecule has 2 nitrogen and oxygen atoms in total. The van der Waals surface area contributed by atoms with Gasteiger partial charge in [-0.3, -0.25) is 4.98 Å². The van der Waals surface area contributed by atoms with Crippen molar-refractivity contribution >= 4 is 24.2 Å². The Hall–Kier alpha value is -0.250. The van der Waals surface area contributed by atoms with Crippen LogP contribution < -0.4 is 5.73 Å². The summed E-state index contributed by atoms with van der Waals surface area (Å²) in [4.78, 5) is 3.92. The molecule has 1 unspecified atom stereocenters. The summed E-state index contributed by atoms with van der Waals surface area (Å²) < 4.78 is 0. The number of hydrogen-bond acceptors (Lipinski definition) is 3. The minimum atomic E-state index is 0.0289. The molecule has 1 aromatic heterocycles. The zero-order chi connectivity index (χ0) is 8.27. The van der Waals surface area contributed by atoms with E-state index in [2.05, 4.69) is 17.6 Å². The van der Waals surface area contributed by atoms with Crippen molar-refractivity contribution in [2.75, 3.05) is 6.54 Å². The number of rotatable bonds is 2. The van der Waals surface area contributed by atoms with E-state index in [4.69, 9.17) is 17.3 Å². The largest absolute Gasteiger partial charge is 0.329 e. The van der Waals surface area contributed by atoms with E-state index < -0.39 is 0 Å². The maximum absolute atomic E-state index is 5.71. The highest BCUT2D eigenvalue weighted by Gasteiger charge is 2.03. The van der Waals surface area contributed by atoms with Crippen molar-refractivity contribution in [1.82, 2.24) is 4.98 Å². The van der Waals surface area contributed by atoms with Gasteiger partial charge in [0.25, 0.3) is 0 Å². The summed E-state index contributed by atoms with van der Waals surface area (Å²) in [5.41, 5.74) is 6.37. The molecule has 2 N–H and O–H groups in total. The molecule has 0 aliphatic heterocycles. The molecule has 0 saturated carbocycles. The minimum Gasteiger partial charge on any atom is -0.329 e. The van der Waals surface area contributed by atoms with Gasteiger partial charge in [-0.15, -0.1) is 0 Å². The standard InChI is InChI=1S/C7H9ClN2S/c8-6-1-5(3-10-4-6)7(11)2-9/h1,3-4,7,11H,2,9H2. The fourth-order valence-corrected chi connectivity index (χ4v) is 1.07. The number of aromatic nitrogens is 1. The second-order valence-corrected chi connectivity index (χ2v) is 3.25. The third-order valence-electron chi connectivity index (χ3n) is 1.33. The molecule has 0 fully saturated rings. The monoisotopic (exact) mass is 188 g/mol. The zero-order valence-electron chi connectivity index (χ0n) is 5.87. The molecule has 0 saturated heterocycles. The zero-order valence-corrected chi connectivity index (χ0v) is 7.52. The van der Waals surface area contributed by atoms with Crippen LogP contribution in [0.25, 0.3) is 0 Å². The lowest BCUT2D eigenvalue weighted by Crippen LogP contribution is -2.06. The van der Waals surface area contributed by atoms with Crippen LogP contribution >= 0.6 is 24.2 Å². The van der Waals surface area contributed by atoms with Crippen LogP contribution in [0.3, 0.4) is 0 Å². The molecule has 60 valence electrons. The topological polar surface area (TPSA) is 38.9 Å². The van der Waals surface area contributed by atoms with Gasteiger partial charge in [-0.25, -0.2) is 0 Å². The summed E-state index contributed by atoms with van der Waals surface area (Å²) in [7, 11) is 0. The first-order chi connectivity index (χ1) is 5.24. The average molecular weight is 189 g/mol. The fraction of sp³-hybridized carbons (Fsp3) is 0.286. The smallest absolute Gasteiger partial charge is 0.0592 e. The third-order valence-corrected chi connectivity index (χ3v) is 2.05. The molecule has 11 heavy (non-hydrogen) atoms. The SMILES string of the molecule is NCC(S)c1cncc(Cl)c1. The van der Waals surface area contributed by atoms with Crippen molar-refractivity contribution in [3.8, 4) is 0 Å². The molecule has 4 heteroatoms. The number of nitrogens with two attached hydrogens (primary N) is 1. The van der Waals surface area contributed by atoms with Crippen LogP contribution in [0.1, 0.15) is 10.8 Å². The molecule has 0 amide bonds. The molecule has 0 radical (unpaired) electrons. The fourth-order valence-electron chi connectivity index (χ4n) is 0.747. The van der Waals surface area contributed by atoms with Crippen LogP contribution in [0.5, 0.6) is 0 Å². The van der Waals surface area contributed by atoms with Crippen molar-refractivity contribution in [2.24, 2.45) is 5.73 Å². The van der Waals surface area contributed by atoms with Gasteiger partial charge < -0.3 is 5.73 Å². The predicted octanol–water partition coefficient (Wildman–Crippen LogP) is 1.66. The lowest BCUT2D eigenvalue weighted by Gasteiger charge is -2.06. The Morgan fingerprint density at radius 2 is 2.36 bits per heavy atom. The molecular formula is C7H9ClN2S. The Bertz CT molecular complexity index is 242. The summed E-state index contributed by atoms with van der Waals surface area (Å²) in [5, 5.41) is 0.649. The van der Waals surface area contributed by atoms with Crippen LogP contribution in [0.2, 0.25) is 5.02 Å². The van der Waals surface area contributed by atoms with Crippen LogP contribution in [0.15, 0.2) is 18.5 Å². The lowest BCUT2D eigenvalue weighted by molar-refractivity contribution is 0.940. The van der Waals surface area contributed by atoms with Crippen molar-refractivity contribution in [3.63, 3.8) is 0 Å². The molecule has 1 heterocycles. The van der Waals surface area contributed by atoms with Gasteiger partial charge in [-0.05, 0) is 11.6 Å². The first-order valence-corrected chi connectivity index (χ1v) is 4.12. The van der Waals surface area contributed by atoms with Crippen LogP contribution in [-0.2, 0) is 0 Å². The Labute approximate surface area is 76.2 Å². The minimum absolute atomic E-state index is 0.0289. The van der Waals surface area contributed by atoms with Crippen LogP contribution in [-0.4, -0.2) is 11.5 Å². The highest BCUT2D eigenvalue weighted by Crippen LogP contribution is 2.19. The summed E-state index contributed by atoms with van der Waals surface area (Å²) in [6.07, 6.45) is 3.30. The van der Waals surface area contributed by atoms with E-state index in [1.807, 2.05) is 6.07 Å². The Morgan fingerprint density at radius 1 is 1.64 bits per heavy atom. The Kier molecular flexibility index (Phi) is 3.17. The van der Waals surface area contributed by atoms with Gasteiger partial charge in [0.1, 0.15) is 0 Å². The second kappa shape index (κ2) is 3.95. The van der Waals surface area contributed by atoms with Crippen molar-refractivity contribution in [1.29, 1.82) is 0 Å². The maximum atomic E-state index is 5.71. The summed E-state index contributed by atoms with van der Waals surface area (Å²) in [5.74, 6) is 0. The Balaban J connectivity index is 2.86. The Morgan fingerprint density at radius 3 is 2.91 bits per heavy atom. The van der Waals surface area contributed by atoms with Gasteiger partial charge in [0.2, 0.25) is 0 Å². The van der Waals surface area contributed by atoms with Gasteiger partial charge in [0.15, 0.2) is 0 Å². The lowest BCUT2D eigenvalue weighted by atomic mass is 10.2.